The molecule has 4 rings (SSSR count). The van der Waals surface area contributed by atoms with Crippen LogP contribution in [0.5, 0.6) is 0 Å². The Balaban J connectivity index is 0.00000400. The summed E-state index contributed by atoms with van der Waals surface area (Å²) in [6.07, 6.45) is 0. The second-order valence-corrected chi connectivity index (χ2v) is 12.6. The predicted octanol–water partition coefficient (Wildman–Crippen LogP) is -6.55. The SMILES string of the molecule is COCc1ccc(C(=O)Nc2ccc(S(=O)(=O)[O-])c3cc(SOO[O-])cc(S(=O)(=O)[O-])c23)cc1NC(=O)c1cccc([N+](=O)[O-])c1.[Na+].[Na+].[Na+]. The van der Waals surface area contributed by atoms with Gasteiger partial charge in [-0.3, -0.25) is 24.7 Å². The molecule has 0 heterocycles. The molecule has 0 atom stereocenters. The maximum atomic E-state index is 13.4. The van der Waals surface area contributed by atoms with E-state index in [1.54, 1.807) is 0 Å². The van der Waals surface area contributed by atoms with Crippen molar-refractivity contribution in [1.29, 1.82) is 0 Å². The van der Waals surface area contributed by atoms with Gasteiger partial charge in [-0.25, -0.2) is 16.8 Å². The Morgan fingerprint density at radius 1 is 0.816 bits per heavy atom. The Morgan fingerprint density at radius 2 is 1.43 bits per heavy atom. The number of ether oxygens (including phenoxy) is 1. The summed E-state index contributed by atoms with van der Waals surface area (Å²) in [4.78, 5) is 34.4. The van der Waals surface area contributed by atoms with Crippen LogP contribution in [0.15, 0.2) is 81.4 Å². The minimum atomic E-state index is -5.42. The fraction of sp³-hybridized carbons (Fsp3) is 0.0769. The summed E-state index contributed by atoms with van der Waals surface area (Å²) < 4.78 is 81.9. The van der Waals surface area contributed by atoms with Crippen LogP contribution in [0.1, 0.15) is 26.3 Å². The molecule has 0 radical (unpaired) electrons. The van der Waals surface area contributed by atoms with E-state index in [0.717, 1.165) is 24.3 Å². The molecule has 242 valence electrons. The summed E-state index contributed by atoms with van der Waals surface area (Å²) >= 11 is 0.113. The number of hydrogen-bond acceptors (Lipinski definition) is 15. The number of fused-ring (bicyclic) bond motifs is 1. The first-order valence-electron chi connectivity index (χ1n) is 12.3. The van der Waals surface area contributed by atoms with Gasteiger partial charge in [-0.1, -0.05) is 12.1 Å². The van der Waals surface area contributed by atoms with E-state index in [4.69, 9.17) is 4.74 Å². The normalized spacial score (nSPS) is 11.0. The molecular formula is C26H18N3Na3O14S3. The van der Waals surface area contributed by atoms with Crippen molar-refractivity contribution >= 4 is 71.9 Å². The molecule has 49 heavy (non-hydrogen) atoms. The molecule has 0 fully saturated rings. The Bertz CT molecular complexity index is 2100. The summed E-state index contributed by atoms with van der Waals surface area (Å²) in [6, 6.07) is 12.1. The zero-order chi connectivity index (χ0) is 33.8. The first kappa shape index (κ1) is 45.5. The molecular weight excluding hydrogens is 743 g/mol. The van der Waals surface area contributed by atoms with Gasteiger partial charge in [0.15, 0.2) is 0 Å². The van der Waals surface area contributed by atoms with Gasteiger partial charge in [-0.2, -0.15) is 4.33 Å². The maximum Gasteiger partial charge on any atom is 1.00 e. The molecule has 0 spiro atoms. The number of benzene rings is 4. The predicted molar refractivity (Wildman–Crippen MR) is 154 cm³/mol. The number of anilines is 2. The van der Waals surface area contributed by atoms with E-state index in [0.29, 0.717) is 11.6 Å². The monoisotopic (exact) mass is 761 g/mol. The molecule has 0 unspecified atom stereocenters. The van der Waals surface area contributed by atoms with Crippen molar-refractivity contribution < 1.29 is 148 Å². The van der Waals surface area contributed by atoms with Crippen LogP contribution in [0.3, 0.4) is 0 Å². The van der Waals surface area contributed by atoms with E-state index in [9.17, 15) is 50.9 Å². The summed E-state index contributed by atoms with van der Waals surface area (Å²) in [5, 5.41) is 28.3. The largest absolute Gasteiger partial charge is 1.00 e. The van der Waals surface area contributed by atoms with E-state index in [-0.39, 0.29) is 135 Å². The second kappa shape index (κ2) is 19.4. The Morgan fingerprint density at radius 3 is 2.00 bits per heavy atom. The molecule has 0 aliphatic carbocycles. The average molecular weight is 762 g/mol. The molecule has 0 aromatic heterocycles. The third-order valence-electron chi connectivity index (χ3n) is 6.20. The van der Waals surface area contributed by atoms with Crippen LogP contribution in [-0.4, -0.2) is 49.8 Å². The molecule has 0 saturated carbocycles. The van der Waals surface area contributed by atoms with E-state index >= 15 is 0 Å². The molecule has 2 amide bonds. The van der Waals surface area contributed by atoms with Crippen LogP contribution in [-0.2, 0) is 41.0 Å². The van der Waals surface area contributed by atoms with Crippen LogP contribution in [0, 0.1) is 10.1 Å². The number of rotatable bonds is 12. The smallest absolute Gasteiger partial charge is 0.744 e. The van der Waals surface area contributed by atoms with Crippen molar-refractivity contribution in [2.75, 3.05) is 17.7 Å². The zero-order valence-electron chi connectivity index (χ0n) is 25.9. The quantitative estimate of drug-likeness (QED) is 0.0339. The molecule has 4 aromatic carbocycles. The zero-order valence-corrected chi connectivity index (χ0v) is 34.4. The molecule has 0 aliphatic rings. The Kier molecular flexibility index (Phi) is 18.0. The topological polar surface area (TPSA) is 266 Å². The van der Waals surface area contributed by atoms with Gasteiger partial charge in [0.25, 0.3) is 17.5 Å². The third kappa shape index (κ3) is 11.5. The molecule has 0 bridgehead atoms. The van der Waals surface area contributed by atoms with Gasteiger partial charge >= 0.3 is 88.7 Å². The van der Waals surface area contributed by atoms with Crippen molar-refractivity contribution in [2.24, 2.45) is 0 Å². The number of methoxy groups -OCH3 is 1. The number of hydrogen-bond donors (Lipinski definition) is 2. The van der Waals surface area contributed by atoms with E-state index in [2.05, 4.69) is 20.0 Å². The van der Waals surface area contributed by atoms with Crippen molar-refractivity contribution in [3.05, 3.63) is 93.5 Å². The standard InChI is InChI=1S/C26H21N3O14S3.3Na/c1-41-13-16-6-5-15(10-21(16)28-25(30)14-3-2-4-17(9-14)29(32)33)26(31)27-20-7-8-22(45(35,36)37)19-11-18(44-43-42-34)12-23(24(19)20)46(38,39)40;;;/h2-12,34H,13H2,1H3,(H,27,31)(H,28,30)(H,35,36,37)(H,38,39,40);;;/q;3*+1/p-3. The molecule has 17 nitrogen and oxygen atoms in total. The summed E-state index contributed by atoms with van der Waals surface area (Å²) in [7, 11) is -9.32. The van der Waals surface area contributed by atoms with E-state index in [1.807, 2.05) is 0 Å². The second-order valence-electron chi connectivity index (χ2n) is 9.10. The average Bonchev–Trinajstić information content (AvgIpc) is 2.99. The van der Waals surface area contributed by atoms with Crippen LogP contribution in [0.4, 0.5) is 17.1 Å². The number of amides is 2. The van der Waals surface area contributed by atoms with Gasteiger partial charge in [0, 0.05) is 57.3 Å². The van der Waals surface area contributed by atoms with Crippen molar-refractivity contribution in [3.63, 3.8) is 0 Å². The molecule has 23 heteroatoms. The number of non-ortho nitro benzene ring substituents is 1. The van der Waals surface area contributed by atoms with E-state index < -0.39 is 63.2 Å². The molecule has 2 N–H and O–H groups in total. The first-order chi connectivity index (χ1) is 21.6. The number of nitrogens with one attached hydrogen (secondary N) is 2. The number of carbonyl (C=O) groups excluding carboxylic acids is 2. The number of nitrogens with zero attached hydrogens (tertiary/aromatic N) is 1. The fourth-order valence-electron chi connectivity index (χ4n) is 4.28. The van der Waals surface area contributed by atoms with Crippen molar-refractivity contribution in [3.8, 4) is 0 Å². The van der Waals surface area contributed by atoms with Crippen LogP contribution in [0.2, 0.25) is 0 Å². The minimum absolute atomic E-state index is 0. The van der Waals surface area contributed by atoms with Crippen LogP contribution >= 0.6 is 12.0 Å². The molecule has 0 aliphatic heterocycles. The molecule has 0 saturated heterocycles. The van der Waals surface area contributed by atoms with Crippen LogP contribution < -0.4 is 105 Å². The minimum Gasteiger partial charge on any atom is -0.744 e. The number of carbonyl (C=O) groups is 2. The van der Waals surface area contributed by atoms with Gasteiger partial charge in [-0.15, -0.1) is 0 Å². The first-order valence-corrected chi connectivity index (χ1v) is 15.8. The van der Waals surface area contributed by atoms with Gasteiger partial charge in [0.1, 0.15) is 20.2 Å². The summed E-state index contributed by atoms with van der Waals surface area (Å²) in [5.74, 6) is -1.70. The Hall–Kier alpha value is -1.51. The fourth-order valence-corrected chi connectivity index (χ4v) is 6.20. The van der Waals surface area contributed by atoms with Crippen molar-refractivity contribution in [1.82, 2.24) is 0 Å². The summed E-state index contributed by atoms with van der Waals surface area (Å²) in [5.41, 5.74) is -0.484. The van der Waals surface area contributed by atoms with Gasteiger partial charge in [0.2, 0.25) is 0 Å². The summed E-state index contributed by atoms with van der Waals surface area (Å²) in [6.45, 7) is -0.0334. The van der Waals surface area contributed by atoms with E-state index in [1.165, 1.54) is 43.5 Å². The number of nitro benzene ring substituents is 1. The third-order valence-corrected chi connectivity index (χ3v) is 8.50. The van der Waals surface area contributed by atoms with Gasteiger partial charge in [0.05, 0.1) is 39.1 Å². The van der Waals surface area contributed by atoms with Crippen LogP contribution in [0.25, 0.3) is 10.8 Å². The number of nitro groups is 1. The molecule has 4 aromatic rings. The Labute approximate surface area is 349 Å². The van der Waals surface area contributed by atoms with Gasteiger partial charge < -0.3 is 29.7 Å². The maximum absolute atomic E-state index is 13.4. The van der Waals surface area contributed by atoms with Crippen molar-refractivity contribution in [2.45, 2.75) is 21.3 Å². The van der Waals surface area contributed by atoms with Gasteiger partial charge in [-0.05, 0) is 42.5 Å².